The maximum absolute atomic E-state index is 5.87. The Morgan fingerprint density at radius 1 is 1.17 bits per heavy atom. The van der Waals surface area contributed by atoms with E-state index in [0.29, 0.717) is 18.1 Å². The van der Waals surface area contributed by atoms with E-state index in [1.807, 2.05) is 7.05 Å². The number of ether oxygens (including phenoxy) is 1. The molecule has 0 radical (unpaired) electrons. The van der Waals surface area contributed by atoms with Crippen LogP contribution in [0.5, 0.6) is 0 Å². The number of aliphatic imine (C=N–C) groups is 1. The molecule has 3 fully saturated rings. The van der Waals surface area contributed by atoms with Gasteiger partial charge in [0.2, 0.25) is 0 Å². The van der Waals surface area contributed by atoms with Crippen LogP contribution in [0.25, 0.3) is 0 Å². The van der Waals surface area contributed by atoms with Crippen LogP contribution in [0.4, 0.5) is 0 Å². The van der Waals surface area contributed by atoms with Crippen LogP contribution >= 0.6 is 0 Å². The lowest BCUT2D eigenvalue weighted by atomic mass is 9.57. The average Bonchev–Trinajstić information content (AvgIpc) is 3.20. The van der Waals surface area contributed by atoms with Crippen molar-refractivity contribution in [2.75, 3.05) is 20.2 Å². The highest BCUT2D eigenvalue weighted by Gasteiger charge is 2.59. The van der Waals surface area contributed by atoms with Gasteiger partial charge in [-0.1, -0.05) is 52.4 Å². The number of guanidine groups is 1. The van der Waals surface area contributed by atoms with Crippen molar-refractivity contribution in [1.82, 2.24) is 10.6 Å². The molecule has 4 heteroatoms. The van der Waals surface area contributed by atoms with Crippen molar-refractivity contribution in [2.45, 2.75) is 77.4 Å². The Morgan fingerprint density at radius 2 is 1.96 bits per heavy atom. The van der Waals surface area contributed by atoms with Gasteiger partial charge in [-0.2, -0.15) is 0 Å². The van der Waals surface area contributed by atoms with Crippen LogP contribution in [0.2, 0.25) is 0 Å². The van der Waals surface area contributed by atoms with Crippen LogP contribution in [-0.2, 0) is 4.74 Å². The lowest BCUT2D eigenvalue weighted by Gasteiger charge is -2.54. The largest absolute Gasteiger partial charge is 0.377 e. The SMILES string of the molecule is CN=C(NCCCCC1CCCC1)NC1C2CCOC2C1(C)C. The maximum Gasteiger partial charge on any atom is 0.191 e. The van der Waals surface area contributed by atoms with Gasteiger partial charge in [-0.15, -0.1) is 0 Å². The highest BCUT2D eigenvalue weighted by atomic mass is 16.5. The van der Waals surface area contributed by atoms with Gasteiger partial charge in [0.15, 0.2) is 5.96 Å². The Bertz CT molecular complexity index is 415. The first-order valence-corrected chi connectivity index (χ1v) is 9.71. The zero-order valence-electron chi connectivity index (χ0n) is 15.2. The van der Waals surface area contributed by atoms with E-state index < -0.39 is 0 Å². The molecule has 2 aliphatic carbocycles. The molecule has 0 bridgehead atoms. The van der Waals surface area contributed by atoms with E-state index in [1.165, 1.54) is 51.4 Å². The van der Waals surface area contributed by atoms with Crippen molar-refractivity contribution >= 4 is 5.96 Å². The van der Waals surface area contributed by atoms with Crippen molar-refractivity contribution in [1.29, 1.82) is 0 Å². The molecule has 1 aliphatic heterocycles. The fraction of sp³-hybridized carbons (Fsp3) is 0.947. The molecule has 2 saturated carbocycles. The van der Waals surface area contributed by atoms with Crippen LogP contribution in [0.3, 0.4) is 0 Å². The lowest BCUT2D eigenvalue weighted by molar-refractivity contribution is -0.106. The van der Waals surface area contributed by atoms with Crippen LogP contribution in [0, 0.1) is 17.3 Å². The number of hydrogen-bond donors (Lipinski definition) is 2. The first kappa shape index (κ1) is 17.1. The van der Waals surface area contributed by atoms with E-state index in [1.54, 1.807) is 0 Å². The summed E-state index contributed by atoms with van der Waals surface area (Å²) in [6.45, 7) is 6.58. The number of nitrogens with one attached hydrogen (secondary N) is 2. The molecular weight excluding hydrogens is 286 g/mol. The van der Waals surface area contributed by atoms with Gasteiger partial charge >= 0.3 is 0 Å². The molecule has 0 spiro atoms. The summed E-state index contributed by atoms with van der Waals surface area (Å²) in [4.78, 5) is 4.42. The van der Waals surface area contributed by atoms with Crippen molar-refractivity contribution in [3.8, 4) is 0 Å². The third-order valence-electron chi connectivity index (χ3n) is 6.42. The summed E-state index contributed by atoms with van der Waals surface area (Å²) >= 11 is 0. The highest BCUT2D eigenvalue weighted by Crippen LogP contribution is 2.52. The molecule has 0 aromatic rings. The van der Waals surface area contributed by atoms with Gasteiger partial charge in [0.1, 0.15) is 0 Å². The predicted molar refractivity (Wildman–Crippen MR) is 95.7 cm³/mol. The smallest absolute Gasteiger partial charge is 0.191 e. The molecule has 3 atom stereocenters. The third-order valence-corrected chi connectivity index (χ3v) is 6.42. The van der Waals surface area contributed by atoms with E-state index >= 15 is 0 Å². The zero-order valence-corrected chi connectivity index (χ0v) is 15.2. The molecule has 4 nitrogen and oxygen atoms in total. The molecule has 3 unspecified atom stereocenters. The number of unbranched alkanes of at least 4 members (excludes halogenated alkanes) is 1. The lowest BCUT2D eigenvalue weighted by Crippen LogP contribution is -2.67. The second kappa shape index (κ2) is 7.42. The van der Waals surface area contributed by atoms with Crippen molar-refractivity contribution in [3.05, 3.63) is 0 Å². The summed E-state index contributed by atoms with van der Waals surface area (Å²) in [7, 11) is 1.88. The third kappa shape index (κ3) is 3.67. The van der Waals surface area contributed by atoms with E-state index in [2.05, 4.69) is 29.5 Å². The van der Waals surface area contributed by atoms with Crippen LogP contribution in [0.15, 0.2) is 4.99 Å². The standard InChI is InChI=1S/C19H35N3O/c1-19(2)16(15-11-13-23-17(15)19)22-18(20-3)21-12-7-6-10-14-8-4-5-9-14/h14-17H,4-13H2,1-3H3,(H2,20,21,22). The molecule has 23 heavy (non-hydrogen) atoms. The normalized spacial score (nSPS) is 33.3. The molecule has 3 rings (SSSR count). The molecule has 132 valence electrons. The quantitative estimate of drug-likeness (QED) is 0.448. The Morgan fingerprint density at radius 3 is 2.70 bits per heavy atom. The summed E-state index contributed by atoms with van der Waals surface area (Å²) in [5.41, 5.74) is 0.210. The maximum atomic E-state index is 5.87. The zero-order chi connectivity index (χ0) is 16.3. The van der Waals surface area contributed by atoms with Crippen molar-refractivity contribution in [3.63, 3.8) is 0 Å². The van der Waals surface area contributed by atoms with E-state index in [9.17, 15) is 0 Å². The Labute approximate surface area is 141 Å². The van der Waals surface area contributed by atoms with Crippen molar-refractivity contribution < 1.29 is 4.74 Å². The minimum absolute atomic E-state index is 0.210. The topological polar surface area (TPSA) is 45.7 Å². The number of nitrogens with zero attached hydrogens (tertiary/aromatic N) is 1. The molecule has 3 aliphatic rings. The summed E-state index contributed by atoms with van der Waals surface area (Å²) in [6, 6.07) is 0.486. The molecule has 0 amide bonds. The number of rotatable bonds is 6. The van der Waals surface area contributed by atoms with Crippen LogP contribution in [-0.4, -0.2) is 38.3 Å². The van der Waals surface area contributed by atoms with Crippen LogP contribution in [0.1, 0.15) is 65.2 Å². The molecule has 1 saturated heterocycles. The summed E-state index contributed by atoms with van der Waals surface area (Å²) in [6.07, 6.45) is 11.5. The van der Waals surface area contributed by atoms with Gasteiger partial charge < -0.3 is 15.4 Å². The van der Waals surface area contributed by atoms with Gasteiger partial charge in [-0.3, -0.25) is 4.99 Å². The van der Waals surface area contributed by atoms with E-state index in [0.717, 1.165) is 25.0 Å². The van der Waals surface area contributed by atoms with Gasteiger partial charge in [0, 0.05) is 37.6 Å². The van der Waals surface area contributed by atoms with Gasteiger partial charge in [0.25, 0.3) is 0 Å². The van der Waals surface area contributed by atoms with E-state index in [4.69, 9.17) is 4.74 Å². The Hall–Kier alpha value is -0.770. The van der Waals surface area contributed by atoms with Crippen LogP contribution < -0.4 is 10.6 Å². The van der Waals surface area contributed by atoms with Gasteiger partial charge in [0.05, 0.1) is 6.10 Å². The fourth-order valence-corrected chi connectivity index (χ4v) is 5.02. The first-order valence-electron chi connectivity index (χ1n) is 9.71. The summed E-state index contributed by atoms with van der Waals surface area (Å²) < 4.78 is 5.87. The molecule has 0 aromatic carbocycles. The molecule has 1 heterocycles. The number of fused-ring (bicyclic) bond motifs is 1. The Balaban J connectivity index is 1.35. The molecule has 2 N–H and O–H groups in total. The average molecular weight is 322 g/mol. The minimum Gasteiger partial charge on any atom is -0.377 e. The summed E-state index contributed by atoms with van der Waals surface area (Å²) in [5.74, 6) is 2.64. The van der Waals surface area contributed by atoms with Gasteiger partial charge in [-0.25, -0.2) is 0 Å². The second-order valence-electron chi connectivity index (χ2n) is 8.33. The Kier molecular flexibility index (Phi) is 5.50. The van der Waals surface area contributed by atoms with Crippen molar-refractivity contribution in [2.24, 2.45) is 22.2 Å². The molecular formula is C19H35N3O. The highest BCUT2D eigenvalue weighted by molar-refractivity contribution is 5.80. The minimum atomic E-state index is 0.210. The number of hydrogen-bond acceptors (Lipinski definition) is 2. The molecule has 0 aromatic heterocycles. The van der Waals surface area contributed by atoms with Gasteiger partial charge in [-0.05, 0) is 18.8 Å². The first-order chi connectivity index (χ1) is 11.1. The predicted octanol–water partition coefficient (Wildman–Crippen LogP) is 3.33. The summed E-state index contributed by atoms with van der Waals surface area (Å²) in [5, 5.41) is 7.17. The fourth-order valence-electron chi connectivity index (χ4n) is 5.02. The second-order valence-corrected chi connectivity index (χ2v) is 8.33. The monoisotopic (exact) mass is 321 g/mol. The van der Waals surface area contributed by atoms with E-state index in [-0.39, 0.29) is 5.41 Å².